The molecule has 0 aliphatic heterocycles. The molecule has 0 atom stereocenters. The number of aliphatic imine (C=N–C) groups is 1. The lowest BCUT2D eigenvalue weighted by atomic mass is 10.2. The Balaban J connectivity index is 1.84. The number of guanidine groups is 1. The lowest BCUT2D eigenvalue weighted by Gasteiger charge is -2.22. The average molecular weight is 378 g/mol. The maximum absolute atomic E-state index is 14.4. The second kappa shape index (κ2) is 10.1. The molecule has 0 saturated heterocycles. The van der Waals surface area contributed by atoms with E-state index in [1.165, 1.54) is 0 Å². The van der Waals surface area contributed by atoms with Gasteiger partial charge in [-0.15, -0.1) is 11.3 Å². The van der Waals surface area contributed by atoms with Crippen molar-refractivity contribution >= 4 is 23.0 Å². The molecule has 0 spiro atoms. The van der Waals surface area contributed by atoms with Crippen molar-refractivity contribution in [2.24, 2.45) is 4.99 Å². The highest BCUT2D eigenvalue weighted by atomic mass is 32.1. The van der Waals surface area contributed by atoms with Gasteiger partial charge in [-0.1, -0.05) is 6.07 Å². The van der Waals surface area contributed by atoms with E-state index < -0.39 is 0 Å². The number of aromatic nitrogens is 1. The average Bonchev–Trinajstić information content (AvgIpc) is 3.05. The van der Waals surface area contributed by atoms with Crippen molar-refractivity contribution in [1.82, 2.24) is 15.6 Å². The van der Waals surface area contributed by atoms with E-state index >= 15 is 0 Å². The molecule has 0 amide bonds. The normalized spacial score (nSPS) is 11.5. The SMILES string of the molecule is CCN(CC)c1ccc(CNC(=NC)NCCc2csc(C)n2)cc1F. The van der Waals surface area contributed by atoms with Gasteiger partial charge in [-0.25, -0.2) is 9.37 Å². The molecule has 1 aromatic heterocycles. The van der Waals surface area contributed by atoms with Gasteiger partial charge in [0, 0.05) is 45.0 Å². The van der Waals surface area contributed by atoms with E-state index in [1.54, 1.807) is 24.5 Å². The van der Waals surface area contributed by atoms with Crippen LogP contribution in [0.4, 0.5) is 10.1 Å². The van der Waals surface area contributed by atoms with E-state index in [0.717, 1.165) is 42.3 Å². The van der Waals surface area contributed by atoms with Gasteiger partial charge in [-0.2, -0.15) is 0 Å². The number of thiazole rings is 1. The zero-order valence-electron chi connectivity index (χ0n) is 16.0. The molecular formula is C19H28FN5S. The molecule has 0 saturated carbocycles. The third-order valence-electron chi connectivity index (χ3n) is 4.14. The fourth-order valence-corrected chi connectivity index (χ4v) is 3.37. The fourth-order valence-electron chi connectivity index (χ4n) is 2.72. The van der Waals surface area contributed by atoms with Gasteiger partial charge in [0.15, 0.2) is 5.96 Å². The Bertz CT molecular complexity index is 724. The third kappa shape index (κ3) is 5.69. The van der Waals surface area contributed by atoms with Crippen molar-refractivity contribution in [1.29, 1.82) is 0 Å². The van der Waals surface area contributed by atoms with Crippen molar-refractivity contribution in [3.63, 3.8) is 0 Å². The van der Waals surface area contributed by atoms with Gasteiger partial charge < -0.3 is 15.5 Å². The predicted octanol–water partition coefficient (Wildman–Crippen LogP) is 3.34. The molecule has 1 heterocycles. The van der Waals surface area contributed by atoms with Crippen molar-refractivity contribution in [3.05, 3.63) is 45.7 Å². The molecule has 7 heteroatoms. The highest BCUT2D eigenvalue weighted by Gasteiger charge is 2.09. The van der Waals surface area contributed by atoms with Crippen molar-refractivity contribution < 1.29 is 4.39 Å². The van der Waals surface area contributed by atoms with E-state index in [0.29, 0.717) is 18.2 Å². The fraction of sp³-hybridized carbons (Fsp3) is 0.474. The van der Waals surface area contributed by atoms with E-state index in [1.807, 2.05) is 37.8 Å². The highest BCUT2D eigenvalue weighted by Crippen LogP contribution is 2.20. The summed E-state index contributed by atoms with van der Waals surface area (Å²) < 4.78 is 14.4. The van der Waals surface area contributed by atoms with E-state index in [4.69, 9.17) is 0 Å². The summed E-state index contributed by atoms with van der Waals surface area (Å²) in [6.45, 7) is 8.91. The summed E-state index contributed by atoms with van der Waals surface area (Å²) in [5.74, 6) is 0.514. The van der Waals surface area contributed by atoms with Crippen molar-refractivity contribution in [3.8, 4) is 0 Å². The van der Waals surface area contributed by atoms with Crippen LogP contribution in [0.3, 0.4) is 0 Å². The number of nitrogens with zero attached hydrogens (tertiary/aromatic N) is 3. The summed E-state index contributed by atoms with van der Waals surface area (Å²) in [4.78, 5) is 10.7. The van der Waals surface area contributed by atoms with Crippen molar-refractivity contribution in [2.45, 2.75) is 33.7 Å². The first-order valence-electron chi connectivity index (χ1n) is 8.96. The lowest BCUT2D eigenvalue weighted by Crippen LogP contribution is -2.37. The molecule has 2 aromatic rings. The predicted molar refractivity (Wildman–Crippen MR) is 109 cm³/mol. The van der Waals surface area contributed by atoms with E-state index in [9.17, 15) is 4.39 Å². The van der Waals surface area contributed by atoms with Crippen LogP contribution in [0.15, 0.2) is 28.6 Å². The molecular weight excluding hydrogens is 349 g/mol. The molecule has 0 bridgehead atoms. The Morgan fingerprint density at radius 3 is 2.62 bits per heavy atom. The third-order valence-corrected chi connectivity index (χ3v) is 4.96. The largest absolute Gasteiger partial charge is 0.370 e. The maximum Gasteiger partial charge on any atom is 0.191 e. The summed E-state index contributed by atoms with van der Waals surface area (Å²) in [5, 5.41) is 9.64. The first-order valence-corrected chi connectivity index (χ1v) is 9.84. The summed E-state index contributed by atoms with van der Waals surface area (Å²) in [7, 11) is 1.73. The number of hydrogen-bond acceptors (Lipinski definition) is 4. The van der Waals surface area contributed by atoms with E-state index in [2.05, 4.69) is 26.0 Å². The minimum atomic E-state index is -0.185. The number of benzene rings is 1. The van der Waals surface area contributed by atoms with Crippen LogP contribution < -0.4 is 15.5 Å². The van der Waals surface area contributed by atoms with Gasteiger partial charge in [0.2, 0.25) is 0 Å². The molecule has 2 rings (SSSR count). The summed E-state index contributed by atoms with van der Waals surface area (Å²) in [6.07, 6.45) is 0.845. The van der Waals surface area contributed by atoms with Gasteiger partial charge in [0.25, 0.3) is 0 Å². The Morgan fingerprint density at radius 1 is 1.27 bits per heavy atom. The molecule has 0 unspecified atom stereocenters. The number of aryl methyl sites for hydroxylation is 1. The van der Waals surface area contributed by atoms with Crippen LogP contribution in [0.25, 0.3) is 0 Å². The quantitative estimate of drug-likeness (QED) is 0.547. The van der Waals surface area contributed by atoms with Gasteiger partial charge in [-0.3, -0.25) is 4.99 Å². The number of anilines is 1. The molecule has 1 aromatic carbocycles. The van der Waals surface area contributed by atoms with Gasteiger partial charge in [0.1, 0.15) is 5.82 Å². The number of hydrogen-bond donors (Lipinski definition) is 2. The summed E-state index contributed by atoms with van der Waals surface area (Å²) in [5.41, 5.74) is 2.63. The molecule has 142 valence electrons. The summed E-state index contributed by atoms with van der Waals surface area (Å²) >= 11 is 1.66. The van der Waals surface area contributed by atoms with Crippen LogP contribution in [0.1, 0.15) is 30.1 Å². The monoisotopic (exact) mass is 377 g/mol. The standard InChI is InChI=1S/C19H28FN5S/c1-5-25(6-2)18-8-7-15(11-17(18)20)12-23-19(21-4)22-10-9-16-13-26-14(3)24-16/h7-8,11,13H,5-6,9-10,12H2,1-4H3,(H2,21,22,23). The second-order valence-electron chi connectivity index (χ2n) is 5.92. The Labute approximate surface area is 159 Å². The van der Waals surface area contributed by atoms with Gasteiger partial charge in [-0.05, 0) is 38.5 Å². The number of halogens is 1. The topological polar surface area (TPSA) is 52.5 Å². The van der Waals surface area contributed by atoms with Crippen LogP contribution in [-0.2, 0) is 13.0 Å². The molecule has 5 nitrogen and oxygen atoms in total. The molecule has 0 fully saturated rings. The van der Waals surface area contributed by atoms with Gasteiger partial charge >= 0.3 is 0 Å². The minimum Gasteiger partial charge on any atom is -0.370 e. The zero-order valence-corrected chi connectivity index (χ0v) is 16.8. The van der Waals surface area contributed by atoms with Gasteiger partial charge in [0.05, 0.1) is 16.4 Å². The molecule has 0 aliphatic carbocycles. The smallest absolute Gasteiger partial charge is 0.191 e. The first kappa shape index (κ1) is 20.2. The first-order chi connectivity index (χ1) is 12.6. The zero-order chi connectivity index (χ0) is 18.9. The minimum absolute atomic E-state index is 0.185. The molecule has 0 radical (unpaired) electrons. The van der Waals surface area contributed by atoms with Crippen LogP contribution in [-0.4, -0.2) is 37.6 Å². The van der Waals surface area contributed by atoms with Crippen LogP contribution >= 0.6 is 11.3 Å². The van der Waals surface area contributed by atoms with Crippen LogP contribution in [0.5, 0.6) is 0 Å². The second-order valence-corrected chi connectivity index (χ2v) is 6.98. The maximum atomic E-state index is 14.4. The molecule has 0 aliphatic rings. The lowest BCUT2D eigenvalue weighted by molar-refractivity contribution is 0.617. The molecule has 26 heavy (non-hydrogen) atoms. The number of nitrogens with one attached hydrogen (secondary N) is 2. The highest BCUT2D eigenvalue weighted by molar-refractivity contribution is 7.09. The van der Waals surface area contributed by atoms with Crippen LogP contribution in [0.2, 0.25) is 0 Å². The Kier molecular flexibility index (Phi) is 7.84. The number of rotatable bonds is 8. The molecule has 2 N–H and O–H groups in total. The van der Waals surface area contributed by atoms with Crippen LogP contribution in [0, 0.1) is 12.7 Å². The Hall–Kier alpha value is -2.15. The Morgan fingerprint density at radius 2 is 2.04 bits per heavy atom. The summed E-state index contributed by atoms with van der Waals surface area (Å²) in [6, 6.07) is 5.39. The van der Waals surface area contributed by atoms with Crippen molar-refractivity contribution in [2.75, 3.05) is 31.6 Å². The van der Waals surface area contributed by atoms with E-state index in [-0.39, 0.29) is 5.82 Å².